The number of sulfone groups is 1. The number of rotatable bonds is 4. The molecule has 3 atom stereocenters. The first kappa shape index (κ1) is 23.0. The third-order valence-corrected chi connectivity index (χ3v) is 8.84. The lowest BCUT2D eigenvalue weighted by Crippen LogP contribution is -2.53. The molecule has 2 aromatic carbocycles. The van der Waals surface area contributed by atoms with Gasteiger partial charge in [-0.05, 0) is 50.5 Å². The standard InChI is InChI=1S/C22H21F5O4S/c1-13-2-4-16(5-3-13)32(28,29)21-9-8-15(31-12-22(25,26)27)10-14(21)11-30-20-18(24)7-6-17(23)19(20)21/h2-7,14-15H,8-12H2,1H3/t14-,15-,21+/m1/s1. The molecule has 1 saturated carbocycles. The Morgan fingerprint density at radius 3 is 2.41 bits per heavy atom. The number of ether oxygens (including phenoxy) is 2. The number of halogens is 5. The molecule has 0 saturated heterocycles. The summed E-state index contributed by atoms with van der Waals surface area (Å²) in [5, 5.41) is 0. The van der Waals surface area contributed by atoms with Crippen molar-refractivity contribution in [3.05, 3.63) is 59.2 Å². The largest absolute Gasteiger partial charge is 0.490 e. The minimum Gasteiger partial charge on any atom is -0.490 e. The van der Waals surface area contributed by atoms with E-state index in [1.54, 1.807) is 19.1 Å². The molecule has 1 aliphatic carbocycles. The molecule has 0 unspecified atom stereocenters. The van der Waals surface area contributed by atoms with Crippen molar-refractivity contribution in [1.29, 1.82) is 0 Å². The van der Waals surface area contributed by atoms with Crippen LogP contribution in [0.1, 0.15) is 30.4 Å². The molecule has 0 bridgehead atoms. The average Bonchev–Trinajstić information content (AvgIpc) is 2.73. The third-order valence-electron chi connectivity index (χ3n) is 6.25. The molecular weight excluding hydrogens is 455 g/mol. The van der Waals surface area contributed by atoms with Crippen LogP contribution in [0.25, 0.3) is 0 Å². The maximum atomic E-state index is 15.1. The van der Waals surface area contributed by atoms with Crippen LogP contribution in [0, 0.1) is 24.5 Å². The van der Waals surface area contributed by atoms with Crippen molar-refractivity contribution in [2.24, 2.45) is 5.92 Å². The van der Waals surface area contributed by atoms with E-state index in [1.807, 2.05) is 0 Å². The van der Waals surface area contributed by atoms with Gasteiger partial charge in [0.15, 0.2) is 21.4 Å². The molecule has 2 aromatic rings. The molecule has 174 valence electrons. The van der Waals surface area contributed by atoms with Crippen LogP contribution in [-0.4, -0.2) is 33.9 Å². The Labute approximate surface area is 182 Å². The van der Waals surface area contributed by atoms with Gasteiger partial charge in [-0.25, -0.2) is 17.2 Å². The van der Waals surface area contributed by atoms with Gasteiger partial charge in [0.2, 0.25) is 0 Å². The molecule has 0 amide bonds. The average molecular weight is 476 g/mol. The SMILES string of the molecule is Cc1ccc(S(=O)(=O)[C@@]23CC[C@@H](OCC(F)(F)F)C[C@@H]2COc2c(F)ccc(F)c23)cc1. The highest BCUT2D eigenvalue weighted by atomic mass is 32.2. The fraction of sp³-hybridized carbons (Fsp3) is 0.455. The van der Waals surface area contributed by atoms with Gasteiger partial charge in [-0.2, -0.15) is 13.2 Å². The lowest BCUT2D eigenvalue weighted by atomic mass is 9.72. The Balaban J connectivity index is 1.84. The molecule has 0 aromatic heterocycles. The summed E-state index contributed by atoms with van der Waals surface area (Å²) in [5.74, 6) is -3.22. The van der Waals surface area contributed by atoms with E-state index in [4.69, 9.17) is 9.47 Å². The molecule has 1 fully saturated rings. The number of hydrogen-bond acceptors (Lipinski definition) is 4. The van der Waals surface area contributed by atoms with Crippen molar-refractivity contribution in [1.82, 2.24) is 0 Å². The summed E-state index contributed by atoms with van der Waals surface area (Å²) in [5.41, 5.74) is 0.412. The van der Waals surface area contributed by atoms with Gasteiger partial charge in [-0.15, -0.1) is 0 Å². The van der Waals surface area contributed by atoms with Crippen LogP contribution in [0.3, 0.4) is 0 Å². The summed E-state index contributed by atoms with van der Waals surface area (Å²) in [6.07, 6.45) is -5.81. The Bertz CT molecular complexity index is 1110. The van der Waals surface area contributed by atoms with Crippen LogP contribution in [0.5, 0.6) is 5.75 Å². The van der Waals surface area contributed by atoms with Crippen molar-refractivity contribution in [3.8, 4) is 5.75 Å². The Morgan fingerprint density at radius 2 is 1.75 bits per heavy atom. The first-order chi connectivity index (χ1) is 15.0. The number of benzene rings is 2. The third kappa shape index (κ3) is 3.77. The van der Waals surface area contributed by atoms with Gasteiger partial charge in [0.25, 0.3) is 0 Å². The van der Waals surface area contributed by atoms with E-state index in [0.717, 1.165) is 17.7 Å². The fourth-order valence-electron chi connectivity index (χ4n) is 4.77. The Hall–Kier alpha value is -2.20. The van der Waals surface area contributed by atoms with Crippen molar-refractivity contribution >= 4 is 9.84 Å². The number of alkyl halides is 3. The first-order valence-corrected chi connectivity index (χ1v) is 11.5. The summed E-state index contributed by atoms with van der Waals surface area (Å²) >= 11 is 0. The predicted molar refractivity (Wildman–Crippen MR) is 105 cm³/mol. The Morgan fingerprint density at radius 1 is 1.09 bits per heavy atom. The summed E-state index contributed by atoms with van der Waals surface area (Å²) in [7, 11) is -4.28. The van der Waals surface area contributed by atoms with Gasteiger partial charge in [0.05, 0.1) is 23.2 Å². The van der Waals surface area contributed by atoms with Crippen molar-refractivity contribution < 1.29 is 39.8 Å². The molecule has 2 aliphatic rings. The number of hydrogen-bond donors (Lipinski definition) is 0. The maximum Gasteiger partial charge on any atom is 0.411 e. The molecule has 10 heteroatoms. The van der Waals surface area contributed by atoms with Gasteiger partial charge in [-0.1, -0.05) is 17.7 Å². The van der Waals surface area contributed by atoms with E-state index in [0.29, 0.717) is 0 Å². The monoisotopic (exact) mass is 476 g/mol. The maximum absolute atomic E-state index is 15.1. The molecule has 1 aliphatic heterocycles. The summed E-state index contributed by atoms with van der Waals surface area (Å²) in [6.45, 7) is 0.0202. The van der Waals surface area contributed by atoms with E-state index in [1.165, 1.54) is 12.1 Å². The van der Waals surface area contributed by atoms with Crippen molar-refractivity contribution in [2.45, 2.75) is 48.1 Å². The number of fused-ring (bicyclic) bond motifs is 3. The summed E-state index contributed by atoms with van der Waals surface area (Å²) in [4.78, 5) is -0.0701. The van der Waals surface area contributed by atoms with Crippen LogP contribution in [0.15, 0.2) is 41.3 Å². The summed E-state index contributed by atoms with van der Waals surface area (Å²) in [6, 6.07) is 7.69. The minimum atomic E-state index is -4.53. The highest BCUT2D eigenvalue weighted by molar-refractivity contribution is 7.92. The van der Waals surface area contributed by atoms with Gasteiger partial charge >= 0.3 is 6.18 Å². The molecule has 0 radical (unpaired) electrons. The van der Waals surface area contributed by atoms with Crippen molar-refractivity contribution in [2.75, 3.05) is 13.2 Å². The van der Waals surface area contributed by atoms with Crippen LogP contribution in [0.2, 0.25) is 0 Å². The van der Waals surface area contributed by atoms with E-state index in [2.05, 4.69) is 0 Å². The van der Waals surface area contributed by atoms with Gasteiger partial charge in [0, 0.05) is 5.92 Å². The molecular formula is C22H21F5O4S. The normalized spacial score (nSPS) is 25.6. The van der Waals surface area contributed by atoms with E-state index in [9.17, 15) is 26.0 Å². The fourth-order valence-corrected chi connectivity index (χ4v) is 7.13. The number of aryl methyl sites for hydroxylation is 1. The van der Waals surface area contributed by atoms with Crippen LogP contribution in [0.4, 0.5) is 22.0 Å². The van der Waals surface area contributed by atoms with Crippen LogP contribution in [-0.2, 0) is 19.3 Å². The Kier molecular flexibility index (Phi) is 5.73. The second kappa shape index (κ2) is 7.98. The van der Waals surface area contributed by atoms with Crippen LogP contribution >= 0.6 is 0 Å². The highest BCUT2D eigenvalue weighted by Crippen LogP contribution is 2.56. The molecule has 0 N–H and O–H groups in total. The van der Waals surface area contributed by atoms with Gasteiger partial charge < -0.3 is 9.47 Å². The lowest BCUT2D eigenvalue weighted by molar-refractivity contribution is -0.190. The van der Waals surface area contributed by atoms with Gasteiger partial charge in [0.1, 0.15) is 17.2 Å². The predicted octanol–water partition coefficient (Wildman–Crippen LogP) is 5.08. The first-order valence-electron chi connectivity index (χ1n) is 10.1. The molecule has 32 heavy (non-hydrogen) atoms. The summed E-state index contributed by atoms with van der Waals surface area (Å²) < 4.78 is 104. The smallest absolute Gasteiger partial charge is 0.411 e. The molecule has 4 nitrogen and oxygen atoms in total. The topological polar surface area (TPSA) is 52.6 Å². The van der Waals surface area contributed by atoms with Gasteiger partial charge in [-0.3, -0.25) is 0 Å². The van der Waals surface area contributed by atoms with E-state index < -0.39 is 62.3 Å². The molecule has 1 heterocycles. The molecule has 4 rings (SSSR count). The highest BCUT2D eigenvalue weighted by Gasteiger charge is 2.60. The van der Waals surface area contributed by atoms with Crippen LogP contribution < -0.4 is 4.74 Å². The molecule has 0 spiro atoms. The lowest BCUT2D eigenvalue weighted by Gasteiger charge is -2.48. The zero-order valence-electron chi connectivity index (χ0n) is 17.1. The second-order valence-corrected chi connectivity index (χ2v) is 10.5. The zero-order valence-corrected chi connectivity index (χ0v) is 17.9. The van der Waals surface area contributed by atoms with E-state index in [-0.39, 0.29) is 30.8 Å². The minimum absolute atomic E-state index is 0.0624. The zero-order chi connectivity index (χ0) is 23.3. The van der Waals surface area contributed by atoms with Crippen molar-refractivity contribution in [3.63, 3.8) is 0 Å². The quantitative estimate of drug-likeness (QED) is 0.578. The second-order valence-electron chi connectivity index (χ2n) is 8.27. The van der Waals surface area contributed by atoms with E-state index >= 15 is 4.39 Å².